The SMILES string of the molecule is COc1ccccc1CN(Cc1cccs1)C(=O)c1cccn1C. The van der Waals surface area contributed by atoms with Crippen molar-refractivity contribution in [2.45, 2.75) is 13.1 Å². The summed E-state index contributed by atoms with van der Waals surface area (Å²) < 4.78 is 7.29. The summed E-state index contributed by atoms with van der Waals surface area (Å²) in [6.07, 6.45) is 1.89. The smallest absolute Gasteiger partial charge is 0.271 e. The Kier molecular flexibility index (Phi) is 5.01. The number of carbonyl (C=O) groups excluding carboxylic acids is 1. The van der Waals surface area contributed by atoms with Crippen LogP contribution in [-0.2, 0) is 20.1 Å². The fourth-order valence-electron chi connectivity index (χ4n) is 2.67. The molecule has 5 heteroatoms. The van der Waals surface area contributed by atoms with Gasteiger partial charge in [-0.25, -0.2) is 0 Å². The van der Waals surface area contributed by atoms with E-state index in [1.807, 2.05) is 70.6 Å². The first-order chi connectivity index (χ1) is 11.7. The van der Waals surface area contributed by atoms with E-state index < -0.39 is 0 Å². The largest absolute Gasteiger partial charge is 0.496 e. The van der Waals surface area contributed by atoms with Gasteiger partial charge in [-0.15, -0.1) is 11.3 Å². The molecular formula is C19H20N2O2S. The number of aryl methyl sites for hydroxylation is 1. The second-order valence-electron chi connectivity index (χ2n) is 5.56. The molecule has 0 aliphatic carbocycles. The minimum atomic E-state index is 0.0156. The molecule has 0 atom stereocenters. The first-order valence-corrected chi connectivity index (χ1v) is 8.62. The lowest BCUT2D eigenvalue weighted by Gasteiger charge is -2.23. The van der Waals surface area contributed by atoms with Crippen LogP contribution in [0.4, 0.5) is 0 Å². The van der Waals surface area contributed by atoms with Crippen LogP contribution in [0.2, 0.25) is 0 Å². The summed E-state index contributed by atoms with van der Waals surface area (Å²) >= 11 is 1.66. The predicted octanol–water partition coefficient (Wildman–Crippen LogP) is 3.94. The second kappa shape index (κ2) is 7.36. The van der Waals surface area contributed by atoms with Crippen molar-refractivity contribution < 1.29 is 9.53 Å². The number of methoxy groups -OCH3 is 1. The maximum Gasteiger partial charge on any atom is 0.271 e. The summed E-state index contributed by atoms with van der Waals surface area (Å²) in [5, 5.41) is 2.03. The molecule has 3 aromatic rings. The Balaban J connectivity index is 1.90. The average Bonchev–Trinajstić information content (AvgIpc) is 3.25. The standard InChI is InChI=1S/C19H20N2O2S/c1-20-11-5-9-17(20)19(22)21(14-16-8-6-12-24-16)13-15-7-3-4-10-18(15)23-2/h3-12H,13-14H2,1-2H3. The highest BCUT2D eigenvalue weighted by Crippen LogP contribution is 2.22. The maximum atomic E-state index is 13.0. The number of hydrogen-bond donors (Lipinski definition) is 0. The van der Waals surface area contributed by atoms with Gasteiger partial charge in [0.1, 0.15) is 11.4 Å². The highest BCUT2D eigenvalue weighted by Gasteiger charge is 2.20. The molecular weight excluding hydrogens is 320 g/mol. The minimum absolute atomic E-state index is 0.0156. The molecule has 0 radical (unpaired) electrons. The van der Waals surface area contributed by atoms with Crippen LogP contribution in [0.25, 0.3) is 0 Å². The van der Waals surface area contributed by atoms with Crippen molar-refractivity contribution in [3.8, 4) is 5.75 Å². The zero-order chi connectivity index (χ0) is 16.9. The molecule has 0 bridgehead atoms. The number of para-hydroxylation sites is 1. The molecule has 0 saturated heterocycles. The number of amides is 1. The van der Waals surface area contributed by atoms with E-state index in [-0.39, 0.29) is 5.91 Å². The summed E-state index contributed by atoms with van der Waals surface area (Å²) in [6.45, 7) is 1.09. The van der Waals surface area contributed by atoms with Crippen LogP contribution < -0.4 is 4.74 Å². The van der Waals surface area contributed by atoms with Crippen molar-refractivity contribution in [3.05, 3.63) is 76.2 Å². The maximum absolute atomic E-state index is 13.0. The Morgan fingerprint density at radius 1 is 1.12 bits per heavy atom. The highest BCUT2D eigenvalue weighted by molar-refractivity contribution is 7.09. The summed E-state index contributed by atoms with van der Waals surface area (Å²) in [4.78, 5) is 16.0. The quantitative estimate of drug-likeness (QED) is 0.681. The van der Waals surface area contributed by atoms with Gasteiger partial charge >= 0.3 is 0 Å². The molecule has 0 aliphatic rings. The molecule has 2 aromatic heterocycles. The average molecular weight is 340 g/mol. The lowest BCUT2D eigenvalue weighted by Crippen LogP contribution is -2.31. The van der Waals surface area contributed by atoms with E-state index in [1.54, 1.807) is 18.4 Å². The Morgan fingerprint density at radius 3 is 2.62 bits per heavy atom. The van der Waals surface area contributed by atoms with Gasteiger partial charge in [-0.2, -0.15) is 0 Å². The Bertz CT molecular complexity index is 808. The third-order valence-corrected chi connectivity index (χ3v) is 4.79. The second-order valence-corrected chi connectivity index (χ2v) is 6.59. The van der Waals surface area contributed by atoms with Crippen molar-refractivity contribution in [3.63, 3.8) is 0 Å². The molecule has 1 aromatic carbocycles. The van der Waals surface area contributed by atoms with Gasteiger partial charge in [-0.3, -0.25) is 4.79 Å². The van der Waals surface area contributed by atoms with Crippen LogP contribution in [0, 0.1) is 0 Å². The van der Waals surface area contributed by atoms with E-state index >= 15 is 0 Å². The van der Waals surface area contributed by atoms with Gasteiger partial charge in [-0.05, 0) is 29.6 Å². The van der Waals surface area contributed by atoms with Crippen LogP contribution in [0.15, 0.2) is 60.1 Å². The topological polar surface area (TPSA) is 34.5 Å². The van der Waals surface area contributed by atoms with Crippen LogP contribution in [0.5, 0.6) is 5.75 Å². The van der Waals surface area contributed by atoms with E-state index in [1.165, 1.54) is 0 Å². The number of hydrogen-bond acceptors (Lipinski definition) is 3. The van der Waals surface area contributed by atoms with E-state index in [9.17, 15) is 4.79 Å². The number of rotatable bonds is 6. The van der Waals surface area contributed by atoms with Gasteiger partial charge in [-0.1, -0.05) is 24.3 Å². The van der Waals surface area contributed by atoms with Crippen molar-refractivity contribution in [1.82, 2.24) is 9.47 Å². The minimum Gasteiger partial charge on any atom is -0.496 e. The van der Waals surface area contributed by atoms with Gasteiger partial charge in [0.05, 0.1) is 20.2 Å². The Labute approximate surface area is 145 Å². The molecule has 0 N–H and O–H groups in total. The number of benzene rings is 1. The molecule has 4 nitrogen and oxygen atoms in total. The molecule has 1 amide bonds. The third-order valence-electron chi connectivity index (χ3n) is 3.93. The summed E-state index contributed by atoms with van der Waals surface area (Å²) in [6, 6.07) is 15.6. The first-order valence-electron chi connectivity index (χ1n) is 7.74. The summed E-state index contributed by atoms with van der Waals surface area (Å²) in [5.41, 5.74) is 1.68. The normalized spacial score (nSPS) is 10.6. The van der Waals surface area contributed by atoms with Gasteiger partial charge in [0, 0.05) is 23.7 Å². The monoisotopic (exact) mass is 340 g/mol. The van der Waals surface area contributed by atoms with Gasteiger partial charge < -0.3 is 14.2 Å². The highest BCUT2D eigenvalue weighted by atomic mass is 32.1. The molecule has 2 heterocycles. The van der Waals surface area contributed by atoms with Crippen molar-refractivity contribution in [1.29, 1.82) is 0 Å². The number of ether oxygens (including phenoxy) is 1. The first kappa shape index (κ1) is 16.3. The molecule has 0 saturated carbocycles. The van der Waals surface area contributed by atoms with E-state index in [2.05, 4.69) is 6.07 Å². The van der Waals surface area contributed by atoms with Crippen LogP contribution in [0.3, 0.4) is 0 Å². The number of carbonyl (C=O) groups is 1. The molecule has 24 heavy (non-hydrogen) atoms. The molecule has 0 unspecified atom stereocenters. The Hall–Kier alpha value is -2.53. The van der Waals surface area contributed by atoms with E-state index in [4.69, 9.17) is 4.74 Å². The molecule has 124 valence electrons. The summed E-state index contributed by atoms with van der Waals surface area (Å²) in [5.74, 6) is 0.815. The zero-order valence-electron chi connectivity index (χ0n) is 13.8. The fraction of sp³-hybridized carbons (Fsp3) is 0.211. The van der Waals surface area contributed by atoms with Crippen LogP contribution >= 0.6 is 11.3 Å². The third kappa shape index (κ3) is 3.51. The Morgan fingerprint density at radius 2 is 1.96 bits per heavy atom. The molecule has 0 aliphatic heterocycles. The van der Waals surface area contributed by atoms with E-state index in [0.29, 0.717) is 18.8 Å². The number of thiophene rings is 1. The van der Waals surface area contributed by atoms with Crippen LogP contribution in [-0.4, -0.2) is 22.5 Å². The molecule has 0 fully saturated rings. The van der Waals surface area contributed by atoms with Crippen LogP contribution in [0.1, 0.15) is 20.9 Å². The lowest BCUT2D eigenvalue weighted by molar-refractivity contribution is 0.0721. The van der Waals surface area contributed by atoms with E-state index in [0.717, 1.165) is 16.2 Å². The van der Waals surface area contributed by atoms with Gasteiger partial charge in [0.2, 0.25) is 0 Å². The number of aromatic nitrogens is 1. The molecule has 3 rings (SSSR count). The van der Waals surface area contributed by atoms with Crippen molar-refractivity contribution >= 4 is 17.2 Å². The fourth-order valence-corrected chi connectivity index (χ4v) is 3.39. The lowest BCUT2D eigenvalue weighted by atomic mass is 10.1. The molecule has 0 spiro atoms. The number of nitrogens with zero attached hydrogens (tertiary/aromatic N) is 2. The summed E-state index contributed by atoms with van der Waals surface area (Å²) in [7, 11) is 3.54. The van der Waals surface area contributed by atoms with Gasteiger partial charge in [0.25, 0.3) is 5.91 Å². The predicted molar refractivity (Wildman–Crippen MR) is 96.3 cm³/mol. The van der Waals surface area contributed by atoms with Crippen molar-refractivity contribution in [2.24, 2.45) is 7.05 Å². The van der Waals surface area contributed by atoms with Gasteiger partial charge in [0.15, 0.2) is 0 Å². The van der Waals surface area contributed by atoms with Crippen molar-refractivity contribution in [2.75, 3.05) is 7.11 Å². The zero-order valence-corrected chi connectivity index (χ0v) is 14.6.